The first-order valence-electron chi connectivity index (χ1n) is 3.89. The smallest absolute Gasteiger partial charge is 0.136 e. The topological polar surface area (TPSA) is 17.1 Å². The van der Waals surface area contributed by atoms with Crippen LogP contribution < -0.4 is 0 Å². The van der Waals surface area contributed by atoms with Crippen LogP contribution >= 0.6 is 0 Å². The maximum absolute atomic E-state index is 11.0. The molecule has 0 aliphatic rings. The van der Waals surface area contributed by atoms with Gasteiger partial charge in [-0.1, -0.05) is 26.0 Å². The van der Waals surface area contributed by atoms with E-state index in [2.05, 4.69) is 6.58 Å². The van der Waals surface area contributed by atoms with Crippen molar-refractivity contribution in [1.82, 2.24) is 0 Å². The summed E-state index contributed by atoms with van der Waals surface area (Å²) in [5.41, 5.74) is 1.05. The minimum atomic E-state index is 0.328. The minimum Gasteiger partial charge on any atom is -0.299 e. The fraction of sp³-hybridized carbons (Fsp3) is 0.667. The van der Waals surface area contributed by atoms with Gasteiger partial charge in [-0.05, 0) is 12.8 Å². The third kappa shape index (κ3) is 4.30. The summed E-state index contributed by atoms with van der Waals surface area (Å²) in [5, 5.41) is 0. The standard InChI is InChI=1S/C9H16O/c1-4-6-9(10)7-8(3)5-2/h3-7H2,1-2H3. The van der Waals surface area contributed by atoms with Crippen LogP contribution in [0.3, 0.4) is 0 Å². The molecule has 0 aromatic rings. The largest absolute Gasteiger partial charge is 0.299 e. The maximum atomic E-state index is 11.0. The first-order chi connectivity index (χ1) is 4.70. The van der Waals surface area contributed by atoms with Crippen LogP contribution in [0, 0.1) is 0 Å². The minimum absolute atomic E-state index is 0.328. The second-order valence-corrected chi connectivity index (χ2v) is 2.57. The zero-order valence-electron chi connectivity index (χ0n) is 6.94. The Kier molecular flexibility index (Phi) is 4.91. The van der Waals surface area contributed by atoms with Crippen molar-refractivity contribution >= 4 is 5.78 Å². The molecule has 0 saturated heterocycles. The fourth-order valence-corrected chi connectivity index (χ4v) is 0.771. The monoisotopic (exact) mass is 140 g/mol. The highest BCUT2D eigenvalue weighted by molar-refractivity contribution is 5.80. The fourth-order valence-electron chi connectivity index (χ4n) is 0.771. The Hall–Kier alpha value is -0.590. The predicted octanol–water partition coefficient (Wildman–Crippen LogP) is 2.71. The van der Waals surface area contributed by atoms with Crippen molar-refractivity contribution in [2.75, 3.05) is 0 Å². The molecule has 10 heavy (non-hydrogen) atoms. The van der Waals surface area contributed by atoms with Gasteiger partial charge < -0.3 is 0 Å². The molecular weight excluding hydrogens is 124 g/mol. The van der Waals surface area contributed by atoms with E-state index in [4.69, 9.17) is 0 Å². The molecule has 0 rings (SSSR count). The summed E-state index contributed by atoms with van der Waals surface area (Å²) in [5.74, 6) is 0.328. The molecule has 0 aliphatic carbocycles. The van der Waals surface area contributed by atoms with Crippen LogP contribution in [0.4, 0.5) is 0 Å². The molecule has 0 spiro atoms. The van der Waals surface area contributed by atoms with Crippen LogP contribution in [0.15, 0.2) is 12.2 Å². The van der Waals surface area contributed by atoms with E-state index in [0.717, 1.165) is 18.4 Å². The number of rotatable bonds is 5. The molecule has 0 amide bonds. The summed E-state index contributed by atoms with van der Waals surface area (Å²) in [6.07, 6.45) is 3.18. The molecule has 0 saturated carbocycles. The zero-order chi connectivity index (χ0) is 7.98. The van der Waals surface area contributed by atoms with Gasteiger partial charge in [0.15, 0.2) is 0 Å². The van der Waals surface area contributed by atoms with Gasteiger partial charge in [0.05, 0.1) is 0 Å². The van der Waals surface area contributed by atoms with Crippen molar-refractivity contribution in [1.29, 1.82) is 0 Å². The van der Waals surface area contributed by atoms with Crippen molar-refractivity contribution < 1.29 is 4.79 Å². The van der Waals surface area contributed by atoms with Crippen LogP contribution in [-0.4, -0.2) is 5.78 Å². The van der Waals surface area contributed by atoms with Crippen molar-refractivity contribution in [2.45, 2.75) is 39.5 Å². The first kappa shape index (κ1) is 9.41. The molecule has 0 heterocycles. The van der Waals surface area contributed by atoms with Gasteiger partial charge in [0.1, 0.15) is 5.78 Å². The van der Waals surface area contributed by atoms with Crippen LogP contribution in [0.5, 0.6) is 0 Å². The predicted molar refractivity (Wildman–Crippen MR) is 44.0 cm³/mol. The Bertz CT molecular complexity index is 125. The molecule has 0 aromatic carbocycles. The third-order valence-corrected chi connectivity index (χ3v) is 1.48. The first-order valence-corrected chi connectivity index (χ1v) is 3.89. The van der Waals surface area contributed by atoms with Crippen LogP contribution in [0.1, 0.15) is 39.5 Å². The van der Waals surface area contributed by atoms with Crippen LogP contribution in [0.2, 0.25) is 0 Å². The van der Waals surface area contributed by atoms with Gasteiger partial charge in [0.25, 0.3) is 0 Å². The molecule has 0 unspecified atom stereocenters. The Morgan fingerprint density at radius 2 is 2.00 bits per heavy atom. The van der Waals surface area contributed by atoms with Crippen molar-refractivity contribution in [2.24, 2.45) is 0 Å². The molecule has 1 nitrogen and oxygen atoms in total. The highest BCUT2D eigenvalue weighted by Gasteiger charge is 2.00. The summed E-state index contributed by atoms with van der Waals surface area (Å²) in [6.45, 7) is 7.82. The second-order valence-electron chi connectivity index (χ2n) is 2.57. The van der Waals surface area contributed by atoms with Gasteiger partial charge in [0, 0.05) is 12.8 Å². The van der Waals surface area contributed by atoms with Gasteiger partial charge in [-0.15, -0.1) is 0 Å². The number of carbonyl (C=O) groups excluding carboxylic acids is 1. The highest BCUT2D eigenvalue weighted by atomic mass is 16.1. The molecule has 0 aliphatic heterocycles. The summed E-state index contributed by atoms with van der Waals surface area (Å²) in [7, 11) is 0. The lowest BCUT2D eigenvalue weighted by Crippen LogP contribution is -1.97. The Morgan fingerprint density at radius 3 is 2.40 bits per heavy atom. The average molecular weight is 140 g/mol. The molecule has 0 aromatic heterocycles. The molecular formula is C9H16O. The van der Waals surface area contributed by atoms with Crippen LogP contribution in [0.25, 0.3) is 0 Å². The number of allylic oxidation sites excluding steroid dienone is 1. The SMILES string of the molecule is C=C(CC)CC(=O)CCC. The molecule has 0 atom stereocenters. The number of hydrogen-bond donors (Lipinski definition) is 0. The number of hydrogen-bond acceptors (Lipinski definition) is 1. The molecule has 0 N–H and O–H groups in total. The van der Waals surface area contributed by atoms with E-state index in [1.165, 1.54) is 0 Å². The molecule has 0 bridgehead atoms. The lowest BCUT2D eigenvalue weighted by Gasteiger charge is -1.98. The van der Waals surface area contributed by atoms with Crippen LogP contribution in [-0.2, 0) is 4.79 Å². The van der Waals surface area contributed by atoms with Crippen molar-refractivity contribution in [3.8, 4) is 0 Å². The molecule has 1 heteroatoms. The Balaban J connectivity index is 3.47. The molecule has 0 radical (unpaired) electrons. The Labute approximate surface area is 63.1 Å². The van der Waals surface area contributed by atoms with E-state index in [-0.39, 0.29) is 0 Å². The highest BCUT2D eigenvalue weighted by Crippen LogP contribution is 2.05. The second kappa shape index (κ2) is 5.21. The van der Waals surface area contributed by atoms with Gasteiger partial charge in [-0.25, -0.2) is 0 Å². The maximum Gasteiger partial charge on any atom is 0.136 e. The normalized spacial score (nSPS) is 9.40. The van der Waals surface area contributed by atoms with E-state index < -0.39 is 0 Å². The van der Waals surface area contributed by atoms with E-state index in [0.29, 0.717) is 18.6 Å². The summed E-state index contributed by atoms with van der Waals surface area (Å²) < 4.78 is 0. The van der Waals surface area contributed by atoms with E-state index in [1.807, 2.05) is 13.8 Å². The lowest BCUT2D eigenvalue weighted by atomic mass is 10.1. The summed E-state index contributed by atoms with van der Waals surface area (Å²) >= 11 is 0. The number of Topliss-reactive ketones (excluding diaryl/α,β-unsaturated/α-hetero) is 1. The number of ketones is 1. The van der Waals surface area contributed by atoms with Gasteiger partial charge >= 0.3 is 0 Å². The average Bonchev–Trinajstić information content (AvgIpc) is 1.88. The zero-order valence-corrected chi connectivity index (χ0v) is 6.94. The molecule has 58 valence electrons. The van der Waals surface area contributed by atoms with Gasteiger partial charge in [-0.3, -0.25) is 4.79 Å². The van der Waals surface area contributed by atoms with Gasteiger partial charge in [-0.2, -0.15) is 0 Å². The molecule has 0 fully saturated rings. The quantitative estimate of drug-likeness (QED) is 0.536. The van der Waals surface area contributed by atoms with Crippen molar-refractivity contribution in [3.63, 3.8) is 0 Å². The van der Waals surface area contributed by atoms with E-state index >= 15 is 0 Å². The lowest BCUT2D eigenvalue weighted by molar-refractivity contribution is -0.118. The van der Waals surface area contributed by atoms with E-state index in [9.17, 15) is 4.79 Å². The number of carbonyl (C=O) groups is 1. The van der Waals surface area contributed by atoms with Gasteiger partial charge in [0.2, 0.25) is 0 Å². The third-order valence-electron chi connectivity index (χ3n) is 1.48. The summed E-state index contributed by atoms with van der Waals surface area (Å²) in [6, 6.07) is 0. The summed E-state index contributed by atoms with van der Waals surface area (Å²) in [4.78, 5) is 11.0. The van der Waals surface area contributed by atoms with Crippen molar-refractivity contribution in [3.05, 3.63) is 12.2 Å². The Morgan fingerprint density at radius 1 is 1.40 bits per heavy atom. The van der Waals surface area contributed by atoms with E-state index in [1.54, 1.807) is 0 Å².